The standard InChI is InChI=1S/C23H21F3N2O2/c24-23(25,26)21-10-16(6-7-17(21)11-27)22(29)18-8-19-13-30-14-20(9-18)28(19)12-15-4-2-1-3-5-15/h1-7,10,18-20H,8-9,12-14H2. The summed E-state index contributed by atoms with van der Waals surface area (Å²) in [5.41, 5.74) is -0.328. The molecule has 2 fully saturated rings. The highest BCUT2D eigenvalue weighted by atomic mass is 19.4. The lowest BCUT2D eigenvalue weighted by atomic mass is 9.80. The molecule has 2 unspecified atom stereocenters. The Kier molecular flexibility index (Phi) is 5.63. The number of nitrogens with zero attached hydrogens (tertiary/aromatic N) is 2. The van der Waals surface area contributed by atoms with Crippen LogP contribution in [0.1, 0.15) is 39.9 Å². The van der Waals surface area contributed by atoms with Crippen molar-refractivity contribution < 1.29 is 22.7 Å². The van der Waals surface area contributed by atoms with Crippen molar-refractivity contribution in [2.75, 3.05) is 13.2 Å². The van der Waals surface area contributed by atoms with Crippen molar-refractivity contribution in [3.63, 3.8) is 0 Å². The van der Waals surface area contributed by atoms with Crippen molar-refractivity contribution in [2.24, 2.45) is 5.92 Å². The van der Waals surface area contributed by atoms with Gasteiger partial charge in [0.15, 0.2) is 5.78 Å². The molecule has 4 nitrogen and oxygen atoms in total. The fraction of sp³-hybridized carbons (Fsp3) is 0.391. The number of carbonyl (C=O) groups excluding carboxylic acids is 1. The quantitative estimate of drug-likeness (QED) is 0.694. The van der Waals surface area contributed by atoms with Crippen LogP contribution in [0.4, 0.5) is 13.2 Å². The number of ketones is 1. The molecule has 0 aliphatic carbocycles. The van der Waals surface area contributed by atoms with E-state index in [1.54, 1.807) is 6.07 Å². The van der Waals surface area contributed by atoms with E-state index < -0.39 is 17.3 Å². The molecule has 0 radical (unpaired) electrons. The maximum absolute atomic E-state index is 13.3. The third kappa shape index (κ3) is 4.11. The van der Waals surface area contributed by atoms with Crippen molar-refractivity contribution in [1.82, 2.24) is 4.90 Å². The predicted molar refractivity (Wildman–Crippen MR) is 104 cm³/mol. The van der Waals surface area contributed by atoms with Gasteiger partial charge in [-0.05, 0) is 30.5 Å². The molecule has 2 bridgehead atoms. The Bertz CT molecular complexity index is 955. The normalized spacial score (nSPS) is 24.3. The zero-order valence-corrected chi connectivity index (χ0v) is 16.2. The maximum atomic E-state index is 13.3. The number of benzene rings is 2. The number of Topliss-reactive ketones (excluding diaryl/α,β-unsaturated/α-hetero) is 1. The van der Waals surface area contributed by atoms with E-state index in [0.29, 0.717) is 26.1 Å². The number of piperidine rings is 1. The molecular weight excluding hydrogens is 393 g/mol. The molecule has 2 aromatic rings. The number of alkyl halides is 3. The van der Waals surface area contributed by atoms with Crippen LogP contribution >= 0.6 is 0 Å². The van der Waals surface area contributed by atoms with E-state index in [1.807, 2.05) is 18.2 Å². The predicted octanol–water partition coefficient (Wildman–Crippen LogP) is 4.44. The largest absolute Gasteiger partial charge is 0.417 e. The second-order valence-corrected chi connectivity index (χ2v) is 7.91. The van der Waals surface area contributed by atoms with Gasteiger partial charge in [-0.1, -0.05) is 36.4 Å². The Balaban J connectivity index is 1.54. The van der Waals surface area contributed by atoms with E-state index in [2.05, 4.69) is 17.0 Å². The minimum absolute atomic E-state index is 0.0156. The Labute approximate surface area is 172 Å². The van der Waals surface area contributed by atoms with Crippen molar-refractivity contribution in [2.45, 2.75) is 37.6 Å². The van der Waals surface area contributed by atoms with Gasteiger partial charge in [0.2, 0.25) is 0 Å². The average molecular weight is 414 g/mol. The summed E-state index contributed by atoms with van der Waals surface area (Å²) < 4.78 is 45.5. The number of nitriles is 1. The summed E-state index contributed by atoms with van der Waals surface area (Å²) in [6, 6.07) is 14.9. The number of rotatable bonds is 4. The molecule has 0 N–H and O–H groups in total. The lowest BCUT2D eigenvalue weighted by molar-refractivity contribution is -0.137. The highest BCUT2D eigenvalue weighted by Gasteiger charge is 2.42. The zero-order valence-electron chi connectivity index (χ0n) is 16.2. The summed E-state index contributed by atoms with van der Waals surface area (Å²) in [5, 5.41) is 8.96. The summed E-state index contributed by atoms with van der Waals surface area (Å²) in [5.74, 6) is -0.647. The van der Waals surface area contributed by atoms with E-state index in [9.17, 15) is 18.0 Å². The molecule has 156 valence electrons. The first-order chi connectivity index (χ1) is 14.4. The molecule has 2 aliphatic heterocycles. The zero-order chi connectivity index (χ0) is 21.3. The molecule has 0 saturated carbocycles. The van der Waals surface area contributed by atoms with Gasteiger partial charge in [-0.25, -0.2) is 0 Å². The topological polar surface area (TPSA) is 53.3 Å². The van der Waals surface area contributed by atoms with Crippen LogP contribution in [0, 0.1) is 17.2 Å². The van der Waals surface area contributed by atoms with Crippen LogP contribution in [-0.4, -0.2) is 36.0 Å². The third-order valence-electron chi connectivity index (χ3n) is 5.98. The number of carbonyl (C=O) groups is 1. The average Bonchev–Trinajstić information content (AvgIpc) is 2.72. The molecule has 0 spiro atoms. The Hall–Kier alpha value is -2.69. The highest BCUT2D eigenvalue weighted by Crippen LogP contribution is 2.36. The molecular formula is C23H21F3N2O2. The number of ether oxygens (including phenoxy) is 1. The SMILES string of the molecule is N#Cc1ccc(C(=O)C2CC3COCC(C2)N3Cc2ccccc2)cc1C(F)(F)F. The number of halogens is 3. The van der Waals surface area contributed by atoms with Crippen molar-refractivity contribution in [1.29, 1.82) is 5.26 Å². The molecule has 2 aromatic carbocycles. The first-order valence-electron chi connectivity index (χ1n) is 9.90. The van der Waals surface area contributed by atoms with Gasteiger partial charge in [0.25, 0.3) is 0 Å². The molecule has 2 heterocycles. The van der Waals surface area contributed by atoms with Gasteiger partial charge in [-0.3, -0.25) is 9.69 Å². The number of fused-ring (bicyclic) bond motifs is 2. The second-order valence-electron chi connectivity index (χ2n) is 7.91. The number of hydrogen-bond acceptors (Lipinski definition) is 4. The third-order valence-corrected chi connectivity index (χ3v) is 5.98. The van der Waals surface area contributed by atoms with Crippen LogP contribution in [0.5, 0.6) is 0 Å². The minimum Gasteiger partial charge on any atom is -0.378 e. The fourth-order valence-electron chi connectivity index (χ4n) is 4.52. The Morgan fingerprint density at radius 1 is 1.10 bits per heavy atom. The van der Waals surface area contributed by atoms with Gasteiger partial charge >= 0.3 is 6.18 Å². The Morgan fingerprint density at radius 3 is 2.37 bits per heavy atom. The van der Waals surface area contributed by atoms with E-state index in [4.69, 9.17) is 10.00 Å². The molecule has 2 atom stereocenters. The molecule has 7 heteroatoms. The van der Waals surface area contributed by atoms with Crippen LogP contribution in [0.3, 0.4) is 0 Å². The number of hydrogen-bond donors (Lipinski definition) is 0. The van der Waals surface area contributed by atoms with Crippen LogP contribution < -0.4 is 0 Å². The number of morpholine rings is 1. The molecule has 30 heavy (non-hydrogen) atoms. The monoisotopic (exact) mass is 414 g/mol. The first-order valence-corrected chi connectivity index (χ1v) is 9.90. The van der Waals surface area contributed by atoms with Crippen molar-refractivity contribution in [3.8, 4) is 6.07 Å². The van der Waals surface area contributed by atoms with Gasteiger partial charge < -0.3 is 4.74 Å². The summed E-state index contributed by atoms with van der Waals surface area (Å²) in [6.07, 6.45) is -3.59. The second kappa shape index (κ2) is 8.21. The van der Waals surface area contributed by atoms with Gasteiger partial charge in [-0.15, -0.1) is 0 Å². The smallest absolute Gasteiger partial charge is 0.378 e. The van der Waals surface area contributed by atoms with Gasteiger partial charge in [-0.2, -0.15) is 18.4 Å². The van der Waals surface area contributed by atoms with Crippen LogP contribution in [0.2, 0.25) is 0 Å². The van der Waals surface area contributed by atoms with Gasteiger partial charge in [0.05, 0.1) is 30.4 Å². The summed E-state index contributed by atoms with van der Waals surface area (Å²) in [7, 11) is 0. The van der Waals surface area contributed by atoms with E-state index in [1.165, 1.54) is 11.6 Å². The van der Waals surface area contributed by atoms with E-state index in [-0.39, 0.29) is 29.3 Å². The fourth-order valence-corrected chi connectivity index (χ4v) is 4.52. The summed E-state index contributed by atoms with van der Waals surface area (Å²) >= 11 is 0. The molecule has 2 aliphatic rings. The first kappa shape index (κ1) is 20.6. The minimum atomic E-state index is -4.68. The molecule has 2 saturated heterocycles. The van der Waals surface area contributed by atoms with Gasteiger partial charge in [0.1, 0.15) is 0 Å². The van der Waals surface area contributed by atoms with Crippen LogP contribution in [0.25, 0.3) is 0 Å². The lowest BCUT2D eigenvalue weighted by Crippen LogP contribution is -2.57. The maximum Gasteiger partial charge on any atom is 0.417 e. The molecule has 4 rings (SSSR count). The summed E-state index contributed by atoms with van der Waals surface area (Å²) in [6.45, 7) is 1.78. The van der Waals surface area contributed by atoms with Crippen molar-refractivity contribution >= 4 is 5.78 Å². The highest BCUT2D eigenvalue weighted by molar-refractivity contribution is 5.98. The Morgan fingerprint density at radius 2 is 1.77 bits per heavy atom. The van der Waals surface area contributed by atoms with Crippen LogP contribution in [0.15, 0.2) is 48.5 Å². The molecule has 0 aromatic heterocycles. The summed E-state index contributed by atoms with van der Waals surface area (Å²) in [4.78, 5) is 15.4. The van der Waals surface area contributed by atoms with Crippen LogP contribution in [-0.2, 0) is 17.5 Å². The van der Waals surface area contributed by atoms with Gasteiger partial charge in [0, 0.05) is 30.1 Å². The van der Waals surface area contributed by atoms with E-state index in [0.717, 1.165) is 18.7 Å². The lowest BCUT2D eigenvalue weighted by Gasteiger charge is -2.48. The van der Waals surface area contributed by atoms with E-state index >= 15 is 0 Å². The molecule has 0 amide bonds. The van der Waals surface area contributed by atoms with Crippen molar-refractivity contribution in [3.05, 3.63) is 70.8 Å².